The van der Waals surface area contributed by atoms with Crippen molar-refractivity contribution in [1.29, 1.82) is 0 Å². The van der Waals surface area contributed by atoms with E-state index in [1.807, 2.05) is 0 Å². The fourth-order valence-corrected chi connectivity index (χ4v) is 2.28. The zero-order valence-electron chi connectivity index (χ0n) is 5.90. The van der Waals surface area contributed by atoms with Gasteiger partial charge in [0.25, 0.3) is 0 Å². The Morgan fingerprint density at radius 3 is 2.56 bits per heavy atom. The first-order chi connectivity index (χ1) is 4.37. The molecule has 9 heavy (non-hydrogen) atoms. The molecule has 0 radical (unpaired) electrons. The Morgan fingerprint density at radius 2 is 2.22 bits per heavy atom. The molecule has 1 atom stereocenters. The van der Waals surface area contributed by atoms with Gasteiger partial charge in [-0.05, 0) is 43.6 Å². The molecule has 0 amide bonds. The van der Waals surface area contributed by atoms with Gasteiger partial charge in [-0.3, -0.25) is 0 Å². The number of hydrogen-bond donors (Lipinski definition) is 1. The Bertz CT molecular complexity index is 114. The lowest BCUT2D eigenvalue weighted by atomic mass is 9.79. The first kappa shape index (κ1) is 5.72. The van der Waals surface area contributed by atoms with E-state index in [0.717, 1.165) is 17.9 Å². The van der Waals surface area contributed by atoms with Crippen LogP contribution in [0.5, 0.6) is 0 Å². The van der Waals surface area contributed by atoms with Crippen molar-refractivity contribution < 1.29 is 0 Å². The maximum Gasteiger partial charge on any atom is -0.00744 e. The molecule has 0 aromatic heterocycles. The van der Waals surface area contributed by atoms with Gasteiger partial charge in [0.1, 0.15) is 0 Å². The Hall–Kier alpha value is -0.0400. The summed E-state index contributed by atoms with van der Waals surface area (Å²) < 4.78 is 0. The van der Waals surface area contributed by atoms with Crippen LogP contribution in [0.3, 0.4) is 0 Å². The Kier molecular flexibility index (Phi) is 1.10. The molecule has 2 aliphatic rings. The minimum Gasteiger partial charge on any atom is -0.330 e. The molecular weight excluding hydrogens is 110 g/mol. The zero-order chi connectivity index (χ0) is 6.32. The molecule has 0 bridgehead atoms. The van der Waals surface area contributed by atoms with Gasteiger partial charge in [-0.25, -0.2) is 0 Å². The first-order valence-corrected chi connectivity index (χ1v) is 4.07. The van der Waals surface area contributed by atoms with Gasteiger partial charge < -0.3 is 5.73 Å². The predicted molar refractivity (Wildman–Crippen MR) is 38.1 cm³/mol. The third kappa shape index (κ3) is 0.710. The van der Waals surface area contributed by atoms with E-state index in [1.54, 1.807) is 0 Å². The standard InChI is InChI=1S/C8H15N/c9-5-2-7-6-8(7)3-1-4-8/h7H,1-6,9H2. The highest BCUT2D eigenvalue weighted by molar-refractivity contribution is 5.06. The van der Waals surface area contributed by atoms with Crippen LogP contribution in [-0.4, -0.2) is 6.54 Å². The highest BCUT2D eigenvalue weighted by Gasteiger charge is 2.56. The molecule has 0 aromatic rings. The molecule has 0 saturated heterocycles. The molecule has 0 heterocycles. The van der Waals surface area contributed by atoms with Crippen molar-refractivity contribution in [3.8, 4) is 0 Å². The van der Waals surface area contributed by atoms with Gasteiger partial charge in [-0.15, -0.1) is 0 Å². The fourth-order valence-electron chi connectivity index (χ4n) is 2.28. The van der Waals surface area contributed by atoms with E-state index in [1.165, 1.54) is 32.1 Å². The van der Waals surface area contributed by atoms with Gasteiger partial charge in [0.15, 0.2) is 0 Å². The van der Waals surface area contributed by atoms with Crippen LogP contribution in [0.15, 0.2) is 0 Å². The average molecular weight is 125 g/mol. The second kappa shape index (κ2) is 1.72. The molecule has 1 nitrogen and oxygen atoms in total. The minimum absolute atomic E-state index is 0.860. The SMILES string of the molecule is NCCC1CC12CCC2. The maximum atomic E-state index is 5.47. The summed E-state index contributed by atoms with van der Waals surface area (Å²) in [6.45, 7) is 0.909. The molecule has 1 spiro atoms. The van der Waals surface area contributed by atoms with Gasteiger partial charge in [0, 0.05) is 0 Å². The molecular formula is C8H15N. The highest BCUT2D eigenvalue weighted by atomic mass is 14.6. The Morgan fingerprint density at radius 1 is 1.44 bits per heavy atom. The van der Waals surface area contributed by atoms with Crippen molar-refractivity contribution in [3.63, 3.8) is 0 Å². The third-order valence-electron chi connectivity index (χ3n) is 3.22. The lowest BCUT2D eigenvalue weighted by Gasteiger charge is -2.26. The fraction of sp³-hybridized carbons (Fsp3) is 1.00. The Labute approximate surface area is 56.6 Å². The van der Waals surface area contributed by atoms with Gasteiger partial charge in [0.05, 0.1) is 0 Å². The lowest BCUT2D eigenvalue weighted by Crippen LogP contribution is -2.15. The largest absolute Gasteiger partial charge is 0.330 e. The summed E-state index contributed by atoms with van der Waals surface area (Å²) in [5, 5.41) is 0. The van der Waals surface area contributed by atoms with Crippen molar-refractivity contribution in [2.45, 2.75) is 32.1 Å². The quantitative estimate of drug-likeness (QED) is 0.595. The number of hydrogen-bond acceptors (Lipinski definition) is 1. The van der Waals surface area contributed by atoms with E-state index in [4.69, 9.17) is 5.73 Å². The van der Waals surface area contributed by atoms with E-state index in [9.17, 15) is 0 Å². The van der Waals surface area contributed by atoms with Crippen molar-refractivity contribution in [2.75, 3.05) is 6.54 Å². The molecule has 0 aliphatic heterocycles. The normalized spacial score (nSPS) is 36.3. The van der Waals surface area contributed by atoms with E-state index < -0.39 is 0 Å². The van der Waals surface area contributed by atoms with Gasteiger partial charge in [-0.1, -0.05) is 6.42 Å². The summed E-state index contributed by atoms with van der Waals surface area (Å²) in [4.78, 5) is 0. The summed E-state index contributed by atoms with van der Waals surface area (Å²) >= 11 is 0. The molecule has 2 aliphatic carbocycles. The average Bonchev–Trinajstić information content (AvgIpc) is 2.41. The van der Waals surface area contributed by atoms with E-state index in [2.05, 4.69) is 0 Å². The maximum absolute atomic E-state index is 5.47. The predicted octanol–water partition coefficient (Wildman–Crippen LogP) is 1.53. The summed E-state index contributed by atoms with van der Waals surface area (Å²) in [5.41, 5.74) is 6.33. The second-order valence-electron chi connectivity index (χ2n) is 3.69. The van der Waals surface area contributed by atoms with Crippen LogP contribution in [0.4, 0.5) is 0 Å². The van der Waals surface area contributed by atoms with E-state index >= 15 is 0 Å². The van der Waals surface area contributed by atoms with Crippen LogP contribution in [0.25, 0.3) is 0 Å². The Balaban J connectivity index is 1.80. The smallest absolute Gasteiger partial charge is 0.00744 e. The number of rotatable bonds is 2. The third-order valence-corrected chi connectivity index (χ3v) is 3.22. The van der Waals surface area contributed by atoms with Gasteiger partial charge in [-0.2, -0.15) is 0 Å². The van der Waals surface area contributed by atoms with E-state index in [-0.39, 0.29) is 0 Å². The minimum atomic E-state index is 0.860. The van der Waals surface area contributed by atoms with Crippen LogP contribution in [-0.2, 0) is 0 Å². The molecule has 1 unspecified atom stereocenters. The summed E-state index contributed by atoms with van der Waals surface area (Å²) in [5.74, 6) is 1.04. The van der Waals surface area contributed by atoms with Gasteiger partial charge >= 0.3 is 0 Å². The molecule has 1 heteroatoms. The molecule has 2 fully saturated rings. The summed E-state index contributed by atoms with van der Waals surface area (Å²) in [6, 6.07) is 0. The van der Waals surface area contributed by atoms with Crippen molar-refractivity contribution in [3.05, 3.63) is 0 Å². The second-order valence-corrected chi connectivity index (χ2v) is 3.69. The van der Waals surface area contributed by atoms with Crippen LogP contribution >= 0.6 is 0 Å². The topological polar surface area (TPSA) is 26.0 Å². The molecule has 2 saturated carbocycles. The van der Waals surface area contributed by atoms with Crippen LogP contribution in [0.2, 0.25) is 0 Å². The van der Waals surface area contributed by atoms with Gasteiger partial charge in [0.2, 0.25) is 0 Å². The monoisotopic (exact) mass is 125 g/mol. The molecule has 2 rings (SSSR count). The van der Waals surface area contributed by atoms with Crippen molar-refractivity contribution in [1.82, 2.24) is 0 Å². The first-order valence-electron chi connectivity index (χ1n) is 4.07. The number of nitrogens with two attached hydrogens (primary N) is 1. The summed E-state index contributed by atoms with van der Waals surface area (Å²) in [7, 11) is 0. The highest BCUT2D eigenvalue weighted by Crippen LogP contribution is 2.66. The molecule has 2 N–H and O–H groups in total. The van der Waals surface area contributed by atoms with Crippen LogP contribution in [0.1, 0.15) is 32.1 Å². The van der Waals surface area contributed by atoms with Crippen LogP contribution in [0, 0.1) is 11.3 Å². The van der Waals surface area contributed by atoms with Crippen molar-refractivity contribution >= 4 is 0 Å². The van der Waals surface area contributed by atoms with Crippen LogP contribution < -0.4 is 5.73 Å². The van der Waals surface area contributed by atoms with E-state index in [0.29, 0.717) is 0 Å². The zero-order valence-corrected chi connectivity index (χ0v) is 5.90. The summed E-state index contributed by atoms with van der Waals surface area (Å²) in [6.07, 6.45) is 7.31. The van der Waals surface area contributed by atoms with Crippen molar-refractivity contribution in [2.24, 2.45) is 17.1 Å². The molecule has 0 aromatic carbocycles. The molecule has 52 valence electrons. The lowest BCUT2D eigenvalue weighted by molar-refractivity contribution is 0.255.